The molecule has 0 spiro atoms. The first kappa shape index (κ1) is 18.2. The van der Waals surface area contributed by atoms with Gasteiger partial charge in [0.05, 0.1) is 12.4 Å². The van der Waals surface area contributed by atoms with E-state index < -0.39 is 10.1 Å². The molecule has 1 saturated carbocycles. The van der Waals surface area contributed by atoms with Gasteiger partial charge >= 0.3 is 0 Å². The molecule has 0 radical (unpaired) electrons. The number of rotatable bonds is 2. The normalized spacial score (nSPS) is 35.9. The Balaban J connectivity index is 0.000000212. The Morgan fingerprint density at radius 2 is 1.35 bits per heavy atom. The van der Waals surface area contributed by atoms with E-state index in [-0.39, 0.29) is 18.5 Å². The summed E-state index contributed by atoms with van der Waals surface area (Å²) in [7, 11) is -3.24. The van der Waals surface area contributed by atoms with Crippen LogP contribution in [0.25, 0.3) is 0 Å². The van der Waals surface area contributed by atoms with Crippen LogP contribution < -0.4 is 5.32 Å². The highest BCUT2D eigenvalue weighted by molar-refractivity contribution is 7.86. The summed E-state index contributed by atoms with van der Waals surface area (Å²) < 4.78 is 26.4. The lowest BCUT2D eigenvalue weighted by Gasteiger charge is -2.24. The number of hydrogen-bond acceptors (Lipinski definition) is 4. The van der Waals surface area contributed by atoms with Crippen LogP contribution in [0, 0.1) is 5.92 Å². The number of hydrogen-bond donors (Lipinski definition) is 1. The van der Waals surface area contributed by atoms with Gasteiger partial charge in [0.2, 0.25) is 0 Å². The van der Waals surface area contributed by atoms with Gasteiger partial charge in [0.1, 0.15) is 0 Å². The van der Waals surface area contributed by atoms with E-state index in [1.807, 2.05) is 0 Å². The monoisotopic (exact) mass is 325 g/mol. The largest absolute Gasteiger partial charge is 0.311 e. The van der Waals surface area contributed by atoms with Crippen LogP contribution in [-0.2, 0) is 14.3 Å². The molecule has 3 aliphatic rings. The van der Waals surface area contributed by atoms with E-state index in [1.54, 1.807) is 0 Å². The third-order valence-electron chi connectivity index (χ3n) is 4.47. The zero-order valence-corrected chi connectivity index (χ0v) is 14.1. The summed E-state index contributed by atoms with van der Waals surface area (Å²) in [5.74, 6) is 0.726. The Morgan fingerprint density at radius 3 is 1.65 bits per heavy atom. The highest BCUT2D eigenvalue weighted by atomic mass is 35.5. The number of halogens is 1. The molecule has 0 aromatic heterocycles. The lowest BCUT2D eigenvalue weighted by molar-refractivity contribution is 0.143. The molecule has 2 aliphatic heterocycles. The first-order valence-electron chi connectivity index (χ1n) is 7.56. The van der Waals surface area contributed by atoms with Gasteiger partial charge in [-0.2, -0.15) is 8.42 Å². The first-order chi connectivity index (χ1) is 8.92. The molecule has 0 aromatic rings. The third kappa shape index (κ3) is 6.29. The molecule has 6 heteroatoms. The molecule has 120 valence electrons. The topological polar surface area (TPSA) is 55.4 Å². The maximum absolute atomic E-state index is 10.8. The van der Waals surface area contributed by atoms with Gasteiger partial charge in [-0.1, -0.05) is 6.92 Å². The van der Waals surface area contributed by atoms with E-state index in [0.717, 1.165) is 49.9 Å². The zero-order chi connectivity index (χ0) is 13.9. The molecule has 3 rings (SSSR count). The predicted octanol–water partition coefficient (Wildman–Crippen LogP) is 2.86. The second-order valence-electron chi connectivity index (χ2n) is 6.40. The highest BCUT2D eigenvalue weighted by Crippen LogP contribution is 2.27. The van der Waals surface area contributed by atoms with E-state index in [9.17, 15) is 8.42 Å². The van der Waals surface area contributed by atoms with Crippen LogP contribution in [0.15, 0.2) is 0 Å². The number of fused-ring (bicyclic) bond motifs is 2. The average molecular weight is 326 g/mol. The average Bonchev–Trinajstić information content (AvgIpc) is 2.96. The Kier molecular flexibility index (Phi) is 7.25. The summed E-state index contributed by atoms with van der Waals surface area (Å²) in [5, 5.41) is 3.53. The molecular weight excluding hydrogens is 298 g/mol. The van der Waals surface area contributed by atoms with E-state index >= 15 is 0 Å². The predicted molar refractivity (Wildman–Crippen MR) is 83.8 cm³/mol. The summed E-state index contributed by atoms with van der Waals surface area (Å²) in [5.41, 5.74) is 0. The molecular formula is C14H28ClNO3S. The maximum atomic E-state index is 10.8. The third-order valence-corrected chi connectivity index (χ3v) is 5.09. The second-order valence-corrected chi connectivity index (χ2v) is 8.00. The fourth-order valence-electron chi connectivity index (χ4n) is 3.33. The summed E-state index contributed by atoms with van der Waals surface area (Å²) >= 11 is 0. The lowest BCUT2D eigenvalue weighted by Crippen LogP contribution is -2.23. The summed E-state index contributed by atoms with van der Waals surface area (Å²) in [4.78, 5) is 0. The minimum Gasteiger partial charge on any atom is -0.311 e. The first-order valence-corrected chi connectivity index (χ1v) is 9.38. The van der Waals surface area contributed by atoms with Gasteiger partial charge in [-0.3, -0.25) is 4.18 Å². The zero-order valence-electron chi connectivity index (χ0n) is 12.5. The molecule has 0 aromatic carbocycles. The molecule has 2 heterocycles. The fraction of sp³-hybridized carbons (Fsp3) is 1.00. The van der Waals surface area contributed by atoms with E-state index in [4.69, 9.17) is 4.18 Å². The van der Waals surface area contributed by atoms with Crippen molar-refractivity contribution >= 4 is 22.5 Å². The van der Waals surface area contributed by atoms with Gasteiger partial charge in [-0.05, 0) is 57.3 Å². The van der Waals surface area contributed by atoms with Crippen molar-refractivity contribution in [3.8, 4) is 0 Å². The van der Waals surface area contributed by atoms with Crippen molar-refractivity contribution in [1.82, 2.24) is 5.32 Å². The molecule has 0 amide bonds. The van der Waals surface area contributed by atoms with Crippen molar-refractivity contribution in [1.29, 1.82) is 0 Å². The van der Waals surface area contributed by atoms with Gasteiger partial charge in [0, 0.05) is 12.1 Å². The van der Waals surface area contributed by atoms with Gasteiger partial charge in [-0.15, -0.1) is 12.4 Å². The SMILES string of the molecule is C1CC2CCC1N2.CC1CCC(OS(C)(=O)=O)CC1.Cl. The van der Waals surface area contributed by atoms with Gasteiger partial charge in [0.15, 0.2) is 0 Å². The Bertz CT molecular complexity index is 362. The molecule has 3 fully saturated rings. The maximum Gasteiger partial charge on any atom is 0.264 e. The van der Waals surface area contributed by atoms with Crippen molar-refractivity contribution < 1.29 is 12.6 Å². The van der Waals surface area contributed by atoms with Crippen LogP contribution in [0.1, 0.15) is 58.3 Å². The van der Waals surface area contributed by atoms with Crippen molar-refractivity contribution in [3.05, 3.63) is 0 Å². The molecule has 2 bridgehead atoms. The Morgan fingerprint density at radius 1 is 0.900 bits per heavy atom. The number of nitrogens with one attached hydrogen (secondary N) is 1. The fourth-order valence-corrected chi connectivity index (χ4v) is 4.02. The molecule has 1 aliphatic carbocycles. The minimum absolute atomic E-state index is 0. The van der Waals surface area contributed by atoms with E-state index in [1.165, 1.54) is 25.7 Å². The van der Waals surface area contributed by atoms with Gasteiger partial charge in [-0.25, -0.2) is 0 Å². The summed E-state index contributed by atoms with van der Waals surface area (Å²) in [6, 6.07) is 1.84. The Hall–Kier alpha value is 0.160. The van der Waals surface area contributed by atoms with Crippen LogP contribution in [-0.4, -0.2) is 32.9 Å². The van der Waals surface area contributed by atoms with Crippen molar-refractivity contribution in [2.45, 2.75) is 76.5 Å². The van der Waals surface area contributed by atoms with E-state index in [2.05, 4.69) is 12.2 Å². The Labute approximate surface area is 129 Å². The minimum atomic E-state index is -3.24. The highest BCUT2D eigenvalue weighted by Gasteiger charge is 2.29. The van der Waals surface area contributed by atoms with Gasteiger partial charge in [0.25, 0.3) is 10.1 Å². The lowest BCUT2D eigenvalue weighted by atomic mass is 9.89. The standard InChI is InChI=1S/C8H16O3S.C6H11N.ClH/c1-7-3-5-8(6-4-7)11-12(2,9)10;1-2-6-4-3-5(1)7-6;/h7-8H,3-6H2,1-2H3;5-7H,1-4H2;1H. The molecule has 0 unspecified atom stereocenters. The summed E-state index contributed by atoms with van der Waals surface area (Å²) in [6.45, 7) is 2.19. The molecule has 1 N–H and O–H groups in total. The molecule has 20 heavy (non-hydrogen) atoms. The van der Waals surface area contributed by atoms with Gasteiger partial charge < -0.3 is 5.32 Å². The quantitative estimate of drug-likeness (QED) is 0.793. The van der Waals surface area contributed by atoms with Crippen LogP contribution in [0.4, 0.5) is 0 Å². The van der Waals surface area contributed by atoms with Crippen molar-refractivity contribution in [2.75, 3.05) is 6.26 Å². The van der Waals surface area contributed by atoms with Crippen LogP contribution in [0.5, 0.6) is 0 Å². The van der Waals surface area contributed by atoms with Crippen LogP contribution >= 0.6 is 12.4 Å². The summed E-state index contributed by atoms with van der Waals surface area (Å²) in [6.07, 6.45) is 10.8. The van der Waals surface area contributed by atoms with Crippen LogP contribution in [0.2, 0.25) is 0 Å². The second kappa shape index (κ2) is 7.97. The van der Waals surface area contributed by atoms with Crippen molar-refractivity contribution in [2.24, 2.45) is 5.92 Å². The molecule has 0 atom stereocenters. The molecule has 2 saturated heterocycles. The van der Waals surface area contributed by atoms with Crippen molar-refractivity contribution in [3.63, 3.8) is 0 Å². The molecule has 4 nitrogen and oxygen atoms in total. The van der Waals surface area contributed by atoms with Crippen LogP contribution in [0.3, 0.4) is 0 Å². The smallest absolute Gasteiger partial charge is 0.264 e. The van der Waals surface area contributed by atoms with E-state index in [0.29, 0.717) is 0 Å².